The van der Waals surface area contributed by atoms with Crippen molar-refractivity contribution < 1.29 is 19.5 Å². The summed E-state index contributed by atoms with van der Waals surface area (Å²) in [5.74, 6) is 0.722. The predicted octanol–water partition coefficient (Wildman–Crippen LogP) is 4.20. The summed E-state index contributed by atoms with van der Waals surface area (Å²) in [6.07, 6.45) is 2.44. The molecule has 0 aliphatic heterocycles. The van der Waals surface area contributed by atoms with Gasteiger partial charge in [-0.25, -0.2) is 0 Å². The van der Waals surface area contributed by atoms with Crippen LogP contribution in [-0.4, -0.2) is 55.6 Å². The zero-order valence-corrected chi connectivity index (χ0v) is 21.7. The number of hydrogen-bond donors (Lipinski definition) is 2. The van der Waals surface area contributed by atoms with Gasteiger partial charge in [0.15, 0.2) is 0 Å². The van der Waals surface area contributed by atoms with Gasteiger partial charge in [0.25, 0.3) is 0 Å². The summed E-state index contributed by atoms with van der Waals surface area (Å²) >= 11 is 0. The summed E-state index contributed by atoms with van der Waals surface area (Å²) in [6.45, 7) is 12.0. The highest BCUT2D eigenvalue weighted by molar-refractivity contribution is 5.94. The van der Waals surface area contributed by atoms with E-state index in [-0.39, 0.29) is 18.4 Å². The number of aliphatic hydroxyl groups excluding tert-OH is 2. The fourth-order valence-electron chi connectivity index (χ4n) is 4.65. The zero-order chi connectivity index (χ0) is 26.7. The summed E-state index contributed by atoms with van der Waals surface area (Å²) in [5.41, 5.74) is 4.89. The van der Waals surface area contributed by atoms with Gasteiger partial charge in [0, 0.05) is 41.4 Å². The Bertz CT molecular complexity index is 1410. The number of pyridine rings is 1. The third-order valence-corrected chi connectivity index (χ3v) is 6.56. The van der Waals surface area contributed by atoms with Crippen molar-refractivity contribution >= 4 is 23.9 Å². The number of aryl methyl sites for hydroxylation is 1. The van der Waals surface area contributed by atoms with Gasteiger partial charge in [-0.05, 0) is 68.3 Å². The summed E-state index contributed by atoms with van der Waals surface area (Å²) in [7, 11) is 0. The van der Waals surface area contributed by atoms with Crippen molar-refractivity contribution in [2.45, 2.75) is 59.2 Å². The number of aliphatic hydroxyl groups is 2. The van der Waals surface area contributed by atoms with E-state index in [0.717, 1.165) is 33.3 Å². The maximum absolute atomic E-state index is 11.1. The third-order valence-electron chi connectivity index (χ3n) is 6.56. The zero-order valence-electron chi connectivity index (χ0n) is 21.7. The van der Waals surface area contributed by atoms with E-state index in [2.05, 4.69) is 38.3 Å². The minimum absolute atomic E-state index is 0.0185. The van der Waals surface area contributed by atoms with E-state index in [9.17, 15) is 15.0 Å². The maximum atomic E-state index is 11.1. The number of rotatable bonds is 11. The second kappa shape index (κ2) is 10.7. The first kappa shape index (κ1) is 26.4. The van der Waals surface area contributed by atoms with E-state index < -0.39 is 12.1 Å². The van der Waals surface area contributed by atoms with Crippen LogP contribution in [-0.2, 0) is 24.2 Å². The summed E-state index contributed by atoms with van der Waals surface area (Å²) < 4.78 is 7.59. The van der Waals surface area contributed by atoms with Crippen molar-refractivity contribution in [1.29, 1.82) is 0 Å². The Balaban J connectivity index is 1.93. The Morgan fingerprint density at radius 2 is 2.08 bits per heavy atom. The maximum Gasteiger partial charge on any atom is 0.229 e. The second-order valence-electron chi connectivity index (χ2n) is 10.0. The molecule has 0 radical (unpaired) electrons. The molecule has 0 aliphatic rings. The Morgan fingerprint density at radius 3 is 2.73 bits per heavy atom. The van der Waals surface area contributed by atoms with E-state index in [1.807, 2.05) is 44.2 Å². The minimum atomic E-state index is -0.744. The van der Waals surface area contributed by atoms with Crippen LogP contribution < -0.4 is 0 Å². The number of hydrogen-bond acceptors (Lipinski definition) is 8. The van der Waals surface area contributed by atoms with Crippen molar-refractivity contribution in [1.82, 2.24) is 19.7 Å². The molecule has 0 aliphatic carbocycles. The average Bonchev–Trinajstić information content (AvgIpc) is 3.49. The SMILES string of the molecule is C=NC(C=O)Cc1nc(-c2ccc3c(c2)c(CC(C)(C)CO)c(-c2cccnc2C(C)O)n3CC)no1. The first-order valence-electron chi connectivity index (χ1n) is 12.4. The van der Waals surface area contributed by atoms with E-state index in [4.69, 9.17) is 4.52 Å². The van der Waals surface area contributed by atoms with E-state index in [0.29, 0.717) is 36.7 Å². The molecular weight excluding hydrogens is 470 g/mol. The minimum Gasteiger partial charge on any atom is -0.396 e. The van der Waals surface area contributed by atoms with Crippen molar-refractivity contribution in [2.24, 2.45) is 10.4 Å². The topological polar surface area (TPSA) is 127 Å². The lowest BCUT2D eigenvalue weighted by atomic mass is 9.84. The molecule has 0 amide bonds. The lowest BCUT2D eigenvalue weighted by Gasteiger charge is -2.23. The molecule has 4 aromatic rings. The monoisotopic (exact) mass is 503 g/mol. The van der Waals surface area contributed by atoms with Gasteiger partial charge in [-0.2, -0.15) is 4.98 Å². The molecule has 9 heteroatoms. The fourth-order valence-corrected chi connectivity index (χ4v) is 4.65. The lowest BCUT2D eigenvalue weighted by Crippen LogP contribution is -2.20. The lowest BCUT2D eigenvalue weighted by molar-refractivity contribution is -0.108. The highest BCUT2D eigenvalue weighted by Crippen LogP contribution is 2.41. The van der Waals surface area contributed by atoms with E-state index >= 15 is 0 Å². The summed E-state index contributed by atoms with van der Waals surface area (Å²) in [6, 6.07) is 9.22. The van der Waals surface area contributed by atoms with Crippen LogP contribution in [0, 0.1) is 5.41 Å². The number of aliphatic imine (C=N–C) groups is 1. The molecule has 3 aromatic heterocycles. The number of carbonyl (C=O) groups excluding carboxylic acids is 1. The second-order valence-corrected chi connectivity index (χ2v) is 10.0. The van der Waals surface area contributed by atoms with Crippen LogP contribution in [0.4, 0.5) is 0 Å². The Labute approximate surface area is 215 Å². The summed E-state index contributed by atoms with van der Waals surface area (Å²) in [5, 5.41) is 25.7. The van der Waals surface area contributed by atoms with Gasteiger partial charge in [0.1, 0.15) is 12.3 Å². The Hall–Kier alpha value is -3.69. The standard InChI is InChI=1S/C28H33N5O4/c1-6-33-23-10-9-18(27-31-24(37-32-27)13-19(15-34)29-5)12-21(23)22(14-28(3,4)16-35)26(33)20-8-7-11-30-25(20)17(2)36/h7-12,15,17,19,35-36H,5-6,13-14,16H2,1-4H3. The smallest absolute Gasteiger partial charge is 0.229 e. The van der Waals surface area contributed by atoms with Crippen LogP contribution >= 0.6 is 0 Å². The molecule has 0 spiro atoms. The molecule has 2 N–H and O–H groups in total. The molecule has 3 heterocycles. The molecule has 0 fully saturated rings. The fraction of sp³-hybridized carbons (Fsp3) is 0.393. The van der Waals surface area contributed by atoms with Gasteiger partial charge >= 0.3 is 0 Å². The Morgan fingerprint density at radius 1 is 1.30 bits per heavy atom. The first-order chi connectivity index (χ1) is 17.7. The van der Waals surface area contributed by atoms with Crippen molar-refractivity contribution in [3.8, 4) is 22.6 Å². The van der Waals surface area contributed by atoms with E-state index in [1.165, 1.54) is 0 Å². The summed E-state index contributed by atoms with van der Waals surface area (Å²) in [4.78, 5) is 23.8. The number of aromatic nitrogens is 4. The Kier molecular flexibility index (Phi) is 7.65. The molecule has 194 valence electrons. The van der Waals surface area contributed by atoms with Gasteiger partial charge < -0.3 is 24.1 Å². The van der Waals surface area contributed by atoms with E-state index in [1.54, 1.807) is 13.1 Å². The highest BCUT2D eigenvalue weighted by Gasteiger charge is 2.27. The quantitative estimate of drug-likeness (QED) is 0.232. The molecule has 0 saturated heterocycles. The van der Waals surface area contributed by atoms with Crippen LogP contribution in [0.3, 0.4) is 0 Å². The molecule has 0 bridgehead atoms. The van der Waals surface area contributed by atoms with Gasteiger partial charge in [0.05, 0.1) is 23.9 Å². The average molecular weight is 504 g/mol. The number of fused-ring (bicyclic) bond motifs is 1. The number of benzene rings is 1. The molecule has 9 nitrogen and oxygen atoms in total. The van der Waals surface area contributed by atoms with Crippen molar-refractivity contribution in [3.63, 3.8) is 0 Å². The first-order valence-corrected chi connectivity index (χ1v) is 12.4. The third kappa shape index (κ3) is 5.23. The van der Waals surface area contributed by atoms with Crippen LogP contribution in [0.5, 0.6) is 0 Å². The highest BCUT2D eigenvalue weighted by atomic mass is 16.5. The number of carbonyl (C=O) groups is 1. The molecule has 0 saturated carbocycles. The molecule has 2 unspecified atom stereocenters. The molecule has 37 heavy (non-hydrogen) atoms. The van der Waals surface area contributed by atoms with Crippen LogP contribution in [0.15, 0.2) is 46.0 Å². The number of nitrogens with zero attached hydrogens (tertiary/aromatic N) is 5. The van der Waals surface area contributed by atoms with Crippen molar-refractivity contribution in [2.75, 3.05) is 6.61 Å². The van der Waals surface area contributed by atoms with Crippen LogP contribution in [0.1, 0.15) is 50.9 Å². The van der Waals surface area contributed by atoms with Crippen LogP contribution in [0.2, 0.25) is 0 Å². The van der Waals surface area contributed by atoms with Crippen molar-refractivity contribution in [3.05, 3.63) is 53.7 Å². The van der Waals surface area contributed by atoms with Gasteiger partial charge in [-0.15, -0.1) is 0 Å². The molecule has 2 atom stereocenters. The van der Waals surface area contributed by atoms with Gasteiger partial charge in [0.2, 0.25) is 11.7 Å². The van der Waals surface area contributed by atoms with Gasteiger partial charge in [-0.1, -0.05) is 19.0 Å². The number of aldehydes is 1. The van der Waals surface area contributed by atoms with Crippen LogP contribution in [0.25, 0.3) is 33.5 Å². The largest absolute Gasteiger partial charge is 0.396 e. The predicted molar refractivity (Wildman–Crippen MR) is 142 cm³/mol. The normalized spacial score (nSPS) is 13.6. The molecule has 4 rings (SSSR count). The molecule has 1 aromatic carbocycles. The van der Waals surface area contributed by atoms with Gasteiger partial charge in [-0.3, -0.25) is 9.98 Å². The molecular formula is C28H33N5O4.